The first-order chi connectivity index (χ1) is 15.8. The monoisotopic (exact) mass is 475 g/mol. The second-order valence-corrected chi connectivity index (χ2v) is 9.53. The van der Waals surface area contributed by atoms with E-state index in [2.05, 4.69) is 16.6 Å². The molecule has 2 amide bonds. The number of carbonyl (C=O) groups excluding carboxylic acids is 3. The van der Waals surface area contributed by atoms with Crippen molar-refractivity contribution in [3.63, 3.8) is 0 Å². The van der Waals surface area contributed by atoms with Crippen LogP contribution in [-0.2, 0) is 19.1 Å². The minimum absolute atomic E-state index is 0.189. The van der Waals surface area contributed by atoms with Gasteiger partial charge in [0.2, 0.25) is 5.91 Å². The van der Waals surface area contributed by atoms with Crippen LogP contribution in [0.1, 0.15) is 40.0 Å². The van der Waals surface area contributed by atoms with Gasteiger partial charge in [-0.05, 0) is 56.7 Å². The minimum atomic E-state index is -0.895. The molecule has 0 aromatic heterocycles. The topological polar surface area (TPSA) is 97.0 Å². The summed E-state index contributed by atoms with van der Waals surface area (Å²) in [4.78, 5) is 40.0. The van der Waals surface area contributed by atoms with E-state index in [4.69, 9.17) is 9.47 Å². The molecule has 0 spiro atoms. The Hall–Kier alpha value is -2.52. The first-order valence-electron chi connectivity index (χ1n) is 11.4. The van der Waals surface area contributed by atoms with Crippen molar-refractivity contribution in [2.45, 2.75) is 63.6 Å². The van der Waals surface area contributed by atoms with Gasteiger partial charge < -0.3 is 19.7 Å². The van der Waals surface area contributed by atoms with Crippen molar-refractivity contribution in [3.8, 4) is 5.75 Å². The Morgan fingerprint density at radius 1 is 1.27 bits per heavy atom. The summed E-state index contributed by atoms with van der Waals surface area (Å²) in [7, 11) is 0. The third kappa shape index (κ3) is 6.51. The summed E-state index contributed by atoms with van der Waals surface area (Å²) in [6, 6.07) is 7.32. The third-order valence-corrected chi connectivity index (χ3v) is 6.73. The lowest BCUT2D eigenvalue weighted by atomic mass is 9.99. The number of benzene rings is 1. The molecule has 1 saturated carbocycles. The van der Waals surface area contributed by atoms with Gasteiger partial charge in [0.25, 0.3) is 5.91 Å². The van der Waals surface area contributed by atoms with Crippen molar-refractivity contribution in [3.05, 3.63) is 42.5 Å². The Kier molecular flexibility index (Phi) is 8.80. The minimum Gasteiger partial charge on any atom is -0.484 e. The van der Waals surface area contributed by atoms with Crippen molar-refractivity contribution in [2.75, 3.05) is 13.2 Å². The fraction of sp³-hybridized carbons (Fsp3) is 0.542. The molecule has 1 heterocycles. The highest BCUT2D eigenvalue weighted by atomic mass is 32.2. The first kappa shape index (κ1) is 25.1. The fourth-order valence-corrected chi connectivity index (χ4v) is 4.76. The summed E-state index contributed by atoms with van der Waals surface area (Å²) in [5, 5.41) is 2.27. The summed E-state index contributed by atoms with van der Waals surface area (Å²) >= 11 is 1.32. The number of β-lactam (4-membered cyclic amide) rings is 1. The molecule has 2 aliphatic rings. The second kappa shape index (κ2) is 11.6. The summed E-state index contributed by atoms with van der Waals surface area (Å²) in [6.07, 6.45) is 2.81. The predicted octanol–water partition coefficient (Wildman–Crippen LogP) is 2.65. The van der Waals surface area contributed by atoms with Crippen LogP contribution in [0.2, 0.25) is 0 Å². The molecule has 9 heteroatoms. The Bertz CT molecular complexity index is 861. The molecule has 0 bridgehead atoms. The van der Waals surface area contributed by atoms with Gasteiger partial charge in [0.1, 0.15) is 23.3 Å². The zero-order valence-corrected chi connectivity index (χ0v) is 20.2. The number of para-hydroxylation sites is 1. The molecule has 33 heavy (non-hydrogen) atoms. The number of nitrogens with one attached hydrogen (secondary N) is 2. The van der Waals surface area contributed by atoms with E-state index in [0.717, 1.165) is 25.8 Å². The van der Waals surface area contributed by atoms with Crippen LogP contribution in [0.5, 0.6) is 5.75 Å². The maximum atomic E-state index is 13.1. The maximum Gasteiger partial charge on any atom is 0.333 e. The van der Waals surface area contributed by atoms with Gasteiger partial charge in [-0.1, -0.05) is 43.6 Å². The SMILES string of the molecule is C=C(C)C(C(=O)OC(C)C1CC1)N1C(=O)C(NC(=O)COc2ccccc2)C1SNCCC. The van der Waals surface area contributed by atoms with Crippen LogP contribution in [0.15, 0.2) is 42.5 Å². The van der Waals surface area contributed by atoms with Crippen LogP contribution in [-0.4, -0.2) is 59.4 Å². The van der Waals surface area contributed by atoms with E-state index in [1.807, 2.05) is 32.0 Å². The Morgan fingerprint density at radius 2 is 1.97 bits per heavy atom. The van der Waals surface area contributed by atoms with E-state index in [1.165, 1.54) is 16.8 Å². The normalized spacial score (nSPS) is 21.5. The van der Waals surface area contributed by atoms with E-state index in [9.17, 15) is 14.4 Å². The van der Waals surface area contributed by atoms with Gasteiger partial charge in [-0.25, -0.2) is 4.79 Å². The van der Waals surface area contributed by atoms with Crippen molar-refractivity contribution in [1.29, 1.82) is 0 Å². The van der Waals surface area contributed by atoms with Gasteiger partial charge in [-0.15, -0.1) is 0 Å². The molecule has 1 aliphatic heterocycles. The van der Waals surface area contributed by atoms with Crippen LogP contribution < -0.4 is 14.8 Å². The van der Waals surface area contributed by atoms with Crippen LogP contribution in [0, 0.1) is 5.92 Å². The molecule has 2 N–H and O–H groups in total. The van der Waals surface area contributed by atoms with Gasteiger partial charge in [0, 0.05) is 6.54 Å². The van der Waals surface area contributed by atoms with E-state index >= 15 is 0 Å². The smallest absolute Gasteiger partial charge is 0.333 e. The van der Waals surface area contributed by atoms with Crippen molar-refractivity contribution in [1.82, 2.24) is 14.9 Å². The summed E-state index contributed by atoms with van der Waals surface area (Å²) in [5.41, 5.74) is 0.523. The third-order valence-electron chi connectivity index (χ3n) is 5.62. The zero-order valence-electron chi connectivity index (χ0n) is 19.4. The number of esters is 1. The van der Waals surface area contributed by atoms with Crippen LogP contribution in [0.25, 0.3) is 0 Å². The number of rotatable bonds is 13. The number of amides is 2. The van der Waals surface area contributed by atoms with E-state index in [0.29, 0.717) is 17.2 Å². The molecular weight excluding hydrogens is 442 g/mol. The molecule has 3 rings (SSSR count). The number of ether oxygens (including phenoxy) is 2. The molecule has 0 radical (unpaired) electrons. The highest BCUT2D eigenvalue weighted by Crippen LogP contribution is 2.36. The van der Waals surface area contributed by atoms with Crippen molar-refractivity contribution < 1.29 is 23.9 Å². The molecule has 1 aliphatic carbocycles. The highest BCUT2D eigenvalue weighted by molar-refractivity contribution is 7.98. The lowest BCUT2D eigenvalue weighted by Crippen LogP contribution is -2.73. The van der Waals surface area contributed by atoms with Crippen LogP contribution in [0.3, 0.4) is 0 Å². The summed E-state index contributed by atoms with van der Waals surface area (Å²) in [5.74, 6) is -0.273. The summed E-state index contributed by atoms with van der Waals surface area (Å²) < 4.78 is 14.3. The average molecular weight is 476 g/mol. The number of nitrogens with zero attached hydrogens (tertiary/aromatic N) is 1. The van der Waals surface area contributed by atoms with E-state index < -0.39 is 29.3 Å². The predicted molar refractivity (Wildman–Crippen MR) is 127 cm³/mol. The lowest BCUT2D eigenvalue weighted by molar-refractivity contribution is -0.166. The molecule has 4 unspecified atom stereocenters. The molecule has 8 nitrogen and oxygen atoms in total. The van der Waals surface area contributed by atoms with Crippen molar-refractivity contribution >= 4 is 29.7 Å². The largest absolute Gasteiger partial charge is 0.484 e. The zero-order chi connectivity index (χ0) is 24.0. The maximum absolute atomic E-state index is 13.1. The first-order valence-corrected chi connectivity index (χ1v) is 12.2. The average Bonchev–Trinajstić information content (AvgIpc) is 3.64. The molecular formula is C24H33N3O5S. The van der Waals surface area contributed by atoms with E-state index in [1.54, 1.807) is 19.1 Å². The molecule has 1 aromatic carbocycles. The Morgan fingerprint density at radius 3 is 2.58 bits per heavy atom. The lowest BCUT2D eigenvalue weighted by Gasteiger charge is -2.49. The van der Waals surface area contributed by atoms with E-state index in [-0.39, 0.29) is 18.6 Å². The number of likely N-dealkylation sites (tertiary alicyclic amines) is 1. The number of hydrogen-bond donors (Lipinski definition) is 2. The van der Waals surface area contributed by atoms with Gasteiger partial charge in [-0.2, -0.15) is 0 Å². The molecule has 1 aromatic rings. The van der Waals surface area contributed by atoms with Gasteiger partial charge in [0.15, 0.2) is 12.6 Å². The number of hydrogen-bond acceptors (Lipinski definition) is 7. The molecule has 180 valence electrons. The Labute approximate surface area is 199 Å². The molecule has 1 saturated heterocycles. The van der Waals surface area contributed by atoms with Gasteiger partial charge in [0.05, 0.1) is 0 Å². The van der Waals surface area contributed by atoms with Gasteiger partial charge >= 0.3 is 5.97 Å². The van der Waals surface area contributed by atoms with Crippen molar-refractivity contribution in [2.24, 2.45) is 5.92 Å². The molecule has 2 fully saturated rings. The van der Waals surface area contributed by atoms with Crippen LogP contribution in [0.4, 0.5) is 0 Å². The fourth-order valence-electron chi connectivity index (χ4n) is 3.61. The Balaban J connectivity index is 1.65. The van der Waals surface area contributed by atoms with Crippen LogP contribution >= 0.6 is 11.9 Å². The second-order valence-electron chi connectivity index (χ2n) is 8.52. The standard InChI is InChI=1S/C24H33N3O5S/c1-5-13-25-33-23-20(26-19(28)14-31-18-9-7-6-8-10-18)22(29)27(23)21(15(2)3)24(30)32-16(4)17-11-12-17/h6-10,16-17,20-21,23,25H,2,5,11-14H2,1,3-4H3,(H,26,28). The summed E-state index contributed by atoms with van der Waals surface area (Å²) in [6.45, 7) is 10.1. The highest BCUT2D eigenvalue weighted by Gasteiger charge is 2.54. The van der Waals surface area contributed by atoms with Gasteiger partial charge in [-0.3, -0.25) is 14.3 Å². The quantitative estimate of drug-likeness (QED) is 0.149. The number of carbonyl (C=O) groups is 3. The molecule has 4 atom stereocenters.